The Balaban J connectivity index is 2.88. The van der Waals surface area contributed by atoms with E-state index in [-0.39, 0.29) is 0 Å². The second-order valence-corrected chi connectivity index (χ2v) is 10.0. The molecular formula is C6H9As2. The fourth-order valence-corrected chi connectivity index (χ4v) is 9.48. The maximum absolute atomic E-state index is 2.29. The van der Waals surface area contributed by atoms with Gasteiger partial charge in [-0.3, -0.25) is 0 Å². The molecule has 0 fully saturated rings. The van der Waals surface area contributed by atoms with Crippen molar-refractivity contribution in [1.82, 2.24) is 0 Å². The van der Waals surface area contributed by atoms with E-state index in [1.807, 2.05) is 0 Å². The van der Waals surface area contributed by atoms with Crippen molar-refractivity contribution in [3.63, 3.8) is 0 Å². The number of hydrogen-bond donors (Lipinski definition) is 0. The van der Waals surface area contributed by atoms with E-state index in [4.69, 9.17) is 0 Å². The standard InChI is InChI=1S/C6H9As2/c1-4-5(2)7-8-6(4)3/h1-3H3. The molecule has 0 aliphatic carbocycles. The van der Waals surface area contributed by atoms with E-state index in [1.165, 1.54) is 0 Å². The Morgan fingerprint density at radius 3 is 1.88 bits per heavy atom. The van der Waals surface area contributed by atoms with Gasteiger partial charge in [-0.1, -0.05) is 0 Å². The summed E-state index contributed by atoms with van der Waals surface area (Å²) in [6.45, 7) is 6.85. The predicted molar refractivity (Wildman–Crippen MR) is 40.6 cm³/mol. The van der Waals surface area contributed by atoms with Gasteiger partial charge in [-0.05, 0) is 0 Å². The summed E-state index contributed by atoms with van der Waals surface area (Å²) in [7, 11) is 0. The molecule has 1 aliphatic rings. The first-order valence-electron chi connectivity index (χ1n) is 2.65. The van der Waals surface area contributed by atoms with E-state index in [2.05, 4.69) is 20.8 Å². The Hall–Kier alpha value is 0.727. The Morgan fingerprint density at radius 2 is 1.75 bits per heavy atom. The molecule has 1 heterocycles. The molecule has 8 heavy (non-hydrogen) atoms. The molecule has 1 rings (SSSR count). The van der Waals surface area contributed by atoms with Gasteiger partial charge in [0.05, 0.1) is 0 Å². The van der Waals surface area contributed by atoms with Crippen molar-refractivity contribution in [2.75, 3.05) is 0 Å². The van der Waals surface area contributed by atoms with Crippen LogP contribution >= 0.6 is 0 Å². The van der Waals surface area contributed by atoms with Crippen LogP contribution in [-0.4, -0.2) is 31.2 Å². The molecule has 0 aromatic heterocycles. The molecule has 0 atom stereocenters. The number of allylic oxidation sites excluding steroid dienone is 2. The van der Waals surface area contributed by atoms with Crippen LogP contribution in [0.1, 0.15) is 20.8 Å². The molecule has 0 amide bonds. The molecule has 0 saturated heterocycles. The molecule has 0 nitrogen and oxygen atoms in total. The minimum atomic E-state index is 0.663. The summed E-state index contributed by atoms with van der Waals surface area (Å²) >= 11 is 1.33. The fraction of sp³-hybridized carbons (Fsp3) is 0.500. The van der Waals surface area contributed by atoms with Crippen molar-refractivity contribution in [3.05, 3.63) is 9.93 Å². The number of hydrogen-bond acceptors (Lipinski definition) is 0. The number of rotatable bonds is 0. The average molecular weight is 231 g/mol. The van der Waals surface area contributed by atoms with Crippen LogP contribution in [0.25, 0.3) is 0 Å². The van der Waals surface area contributed by atoms with Crippen LogP contribution in [-0.2, 0) is 0 Å². The molecule has 0 bridgehead atoms. The molecule has 43 valence electrons. The fourth-order valence-electron chi connectivity index (χ4n) is 0.562. The Labute approximate surface area is 61.9 Å². The molecular weight excluding hydrogens is 222 g/mol. The summed E-state index contributed by atoms with van der Waals surface area (Å²) < 4.78 is 3.44. The van der Waals surface area contributed by atoms with Gasteiger partial charge in [0, 0.05) is 0 Å². The zero-order valence-corrected chi connectivity index (χ0v) is 9.15. The van der Waals surface area contributed by atoms with Gasteiger partial charge in [0.15, 0.2) is 0 Å². The normalized spacial score (nSPS) is 24.6. The zero-order chi connectivity index (χ0) is 6.15. The van der Waals surface area contributed by atoms with Gasteiger partial charge in [-0.25, -0.2) is 0 Å². The van der Waals surface area contributed by atoms with Crippen molar-refractivity contribution < 1.29 is 0 Å². The van der Waals surface area contributed by atoms with Crippen LogP contribution in [0.2, 0.25) is 0 Å². The van der Waals surface area contributed by atoms with Gasteiger partial charge < -0.3 is 0 Å². The van der Waals surface area contributed by atoms with Gasteiger partial charge >= 0.3 is 61.9 Å². The summed E-state index contributed by atoms with van der Waals surface area (Å²) in [5.74, 6) is 0. The van der Waals surface area contributed by atoms with Crippen LogP contribution in [0.4, 0.5) is 0 Å². The predicted octanol–water partition coefficient (Wildman–Crippen LogP) is 0.810. The average Bonchev–Trinajstić information content (AvgIpc) is 1.98. The van der Waals surface area contributed by atoms with Gasteiger partial charge in [0.1, 0.15) is 0 Å². The molecule has 0 aromatic carbocycles. The maximum atomic E-state index is 2.29. The van der Waals surface area contributed by atoms with Crippen molar-refractivity contribution >= 4 is 31.2 Å². The van der Waals surface area contributed by atoms with E-state index in [0.717, 1.165) is 0 Å². The SMILES string of the molecule is CC1=[As][As]C(C)=C1C. The van der Waals surface area contributed by atoms with Crippen LogP contribution in [0.5, 0.6) is 0 Å². The molecule has 2 heteroatoms. The van der Waals surface area contributed by atoms with E-state index < -0.39 is 0 Å². The second kappa shape index (κ2) is 2.54. The summed E-state index contributed by atoms with van der Waals surface area (Å²) in [5.41, 5.74) is 1.63. The monoisotopic (exact) mass is 231 g/mol. The molecule has 1 aliphatic heterocycles. The Bertz CT molecular complexity index is 160. The van der Waals surface area contributed by atoms with Gasteiger partial charge in [-0.15, -0.1) is 0 Å². The zero-order valence-electron chi connectivity index (χ0n) is 5.39. The van der Waals surface area contributed by atoms with Crippen LogP contribution in [0.15, 0.2) is 9.93 Å². The minimum absolute atomic E-state index is 0.663. The van der Waals surface area contributed by atoms with E-state index in [0.29, 0.717) is 26.9 Å². The molecule has 0 N–H and O–H groups in total. The van der Waals surface area contributed by atoms with E-state index in [9.17, 15) is 0 Å². The first-order valence-corrected chi connectivity index (χ1v) is 9.72. The summed E-state index contributed by atoms with van der Waals surface area (Å²) in [4.78, 5) is 0. The van der Waals surface area contributed by atoms with Gasteiger partial charge in [-0.2, -0.15) is 0 Å². The third-order valence-corrected chi connectivity index (χ3v) is 11.9. The first kappa shape index (κ1) is 6.84. The van der Waals surface area contributed by atoms with Gasteiger partial charge in [0.2, 0.25) is 0 Å². The van der Waals surface area contributed by atoms with Crippen LogP contribution in [0, 0.1) is 0 Å². The topological polar surface area (TPSA) is 0 Å². The first-order chi connectivity index (χ1) is 3.72. The molecule has 0 unspecified atom stereocenters. The van der Waals surface area contributed by atoms with Crippen molar-refractivity contribution in [2.24, 2.45) is 0 Å². The van der Waals surface area contributed by atoms with Gasteiger partial charge in [0.25, 0.3) is 0 Å². The quantitative estimate of drug-likeness (QED) is 0.541. The Kier molecular flexibility index (Phi) is 2.17. The summed E-state index contributed by atoms with van der Waals surface area (Å²) in [5, 5.41) is 0. The van der Waals surface area contributed by atoms with E-state index >= 15 is 0 Å². The third-order valence-electron chi connectivity index (χ3n) is 1.44. The van der Waals surface area contributed by atoms with Crippen molar-refractivity contribution in [3.8, 4) is 0 Å². The summed E-state index contributed by atoms with van der Waals surface area (Å²) in [6.07, 6.45) is 0. The third kappa shape index (κ3) is 1.17. The van der Waals surface area contributed by atoms with Crippen LogP contribution in [0.3, 0.4) is 0 Å². The molecule has 0 spiro atoms. The molecule has 1 radical (unpaired) electrons. The van der Waals surface area contributed by atoms with Crippen molar-refractivity contribution in [2.45, 2.75) is 20.8 Å². The molecule has 0 saturated carbocycles. The van der Waals surface area contributed by atoms with Crippen LogP contribution < -0.4 is 0 Å². The summed E-state index contributed by atoms with van der Waals surface area (Å²) in [6, 6.07) is 0. The second-order valence-electron chi connectivity index (χ2n) is 2.00. The molecule has 0 aromatic rings. The van der Waals surface area contributed by atoms with E-state index in [1.54, 1.807) is 14.2 Å². The Morgan fingerprint density at radius 1 is 1.12 bits per heavy atom. The van der Waals surface area contributed by atoms with Crippen molar-refractivity contribution in [1.29, 1.82) is 0 Å².